The van der Waals surface area contributed by atoms with Crippen LogP contribution in [0, 0.1) is 0 Å². The van der Waals surface area contributed by atoms with E-state index in [-0.39, 0.29) is 17.3 Å². The van der Waals surface area contributed by atoms with Crippen LogP contribution < -0.4 is 9.47 Å². The van der Waals surface area contributed by atoms with E-state index in [4.69, 9.17) is 9.47 Å². The molecule has 0 bridgehead atoms. The van der Waals surface area contributed by atoms with Gasteiger partial charge in [-0.15, -0.1) is 0 Å². The molecular formula is C29H42O5. The lowest BCUT2D eigenvalue weighted by molar-refractivity contribution is 0.103. The molecule has 2 aromatic rings. The van der Waals surface area contributed by atoms with Crippen molar-refractivity contribution in [2.45, 2.75) is 90.9 Å². The third kappa shape index (κ3) is 9.66. The maximum absolute atomic E-state index is 13.1. The summed E-state index contributed by atoms with van der Waals surface area (Å²) in [6.45, 7) is 5.41. The van der Waals surface area contributed by atoms with Gasteiger partial charge in [0.15, 0.2) is 28.8 Å². The van der Waals surface area contributed by atoms with Gasteiger partial charge in [0.05, 0.1) is 13.2 Å². The Balaban J connectivity index is 1.91. The predicted molar refractivity (Wildman–Crippen MR) is 137 cm³/mol. The molecule has 0 spiro atoms. The summed E-state index contributed by atoms with van der Waals surface area (Å²) < 4.78 is 11.5. The summed E-state index contributed by atoms with van der Waals surface area (Å²) in [4.78, 5) is 13.1. The Hall–Kier alpha value is -2.69. The molecule has 0 saturated carbocycles. The molecule has 34 heavy (non-hydrogen) atoms. The highest BCUT2D eigenvalue weighted by atomic mass is 16.5. The molecule has 5 nitrogen and oxygen atoms in total. The molecule has 0 atom stereocenters. The smallest absolute Gasteiger partial charge is 0.193 e. The van der Waals surface area contributed by atoms with E-state index < -0.39 is 0 Å². The van der Waals surface area contributed by atoms with Gasteiger partial charge in [0, 0.05) is 11.1 Å². The van der Waals surface area contributed by atoms with Gasteiger partial charge in [-0.25, -0.2) is 0 Å². The van der Waals surface area contributed by atoms with E-state index in [9.17, 15) is 15.0 Å². The Bertz CT molecular complexity index is 792. The zero-order valence-electron chi connectivity index (χ0n) is 21.0. The summed E-state index contributed by atoms with van der Waals surface area (Å²) in [6, 6.07) is 9.30. The van der Waals surface area contributed by atoms with E-state index in [2.05, 4.69) is 13.8 Å². The Labute approximate surface area is 205 Å². The minimum Gasteiger partial charge on any atom is -0.504 e. The molecule has 0 aliphatic carbocycles. The SMILES string of the molecule is CCCCCCCCOc1cc(C(=O)c2ccc(O)c(OCCCCCCCC)c2)ccc1O. The number of ketones is 1. The Morgan fingerprint density at radius 2 is 1.00 bits per heavy atom. The van der Waals surface area contributed by atoms with Crippen molar-refractivity contribution in [2.75, 3.05) is 13.2 Å². The molecular weight excluding hydrogens is 428 g/mol. The molecule has 0 unspecified atom stereocenters. The normalized spacial score (nSPS) is 10.9. The lowest BCUT2D eigenvalue weighted by atomic mass is 10.0. The highest BCUT2D eigenvalue weighted by Crippen LogP contribution is 2.31. The fourth-order valence-corrected chi connectivity index (χ4v) is 3.84. The fraction of sp³-hybridized carbons (Fsp3) is 0.552. The summed E-state index contributed by atoms with van der Waals surface area (Å²) >= 11 is 0. The Morgan fingerprint density at radius 1 is 0.618 bits per heavy atom. The highest BCUT2D eigenvalue weighted by Gasteiger charge is 2.15. The number of aromatic hydroxyl groups is 2. The Morgan fingerprint density at radius 3 is 1.41 bits per heavy atom. The van der Waals surface area contributed by atoms with Crippen LogP contribution in [0.2, 0.25) is 0 Å². The molecule has 0 heterocycles. The molecule has 188 valence electrons. The van der Waals surface area contributed by atoms with E-state index in [1.165, 1.54) is 63.5 Å². The number of ether oxygens (including phenoxy) is 2. The maximum atomic E-state index is 13.1. The van der Waals surface area contributed by atoms with Gasteiger partial charge in [0.1, 0.15) is 0 Å². The zero-order chi connectivity index (χ0) is 24.6. The van der Waals surface area contributed by atoms with Crippen LogP contribution in [-0.4, -0.2) is 29.2 Å². The van der Waals surface area contributed by atoms with E-state index in [0.29, 0.717) is 35.8 Å². The Kier molecular flexibility index (Phi) is 13.0. The van der Waals surface area contributed by atoms with Crippen LogP contribution in [0.15, 0.2) is 36.4 Å². The monoisotopic (exact) mass is 470 g/mol. The van der Waals surface area contributed by atoms with Gasteiger partial charge in [-0.2, -0.15) is 0 Å². The van der Waals surface area contributed by atoms with E-state index in [1.54, 1.807) is 24.3 Å². The average Bonchev–Trinajstić information content (AvgIpc) is 2.84. The zero-order valence-corrected chi connectivity index (χ0v) is 21.0. The number of hydrogen-bond donors (Lipinski definition) is 2. The predicted octanol–water partition coefficient (Wildman–Crippen LogP) is 7.81. The fourth-order valence-electron chi connectivity index (χ4n) is 3.84. The van der Waals surface area contributed by atoms with E-state index in [0.717, 1.165) is 25.7 Å². The van der Waals surface area contributed by atoms with Crippen molar-refractivity contribution in [3.63, 3.8) is 0 Å². The molecule has 2 rings (SSSR count). The summed E-state index contributed by atoms with van der Waals surface area (Å²) in [5.74, 6) is 0.469. The maximum Gasteiger partial charge on any atom is 0.193 e. The number of benzene rings is 2. The van der Waals surface area contributed by atoms with Gasteiger partial charge in [-0.3, -0.25) is 4.79 Å². The summed E-state index contributed by atoms with van der Waals surface area (Å²) in [6.07, 6.45) is 13.8. The van der Waals surface area contributed by atoms with Gasteiger partial charge < -0.3 is 19.7 Å². The number of unbranched alkanes of at least 4 members (excludes halogenated alkanes) is 10. The van der Waals surface area contributed by atoms with Crippen LogP contribution in [0.4, 0.5) is 0 Å². The number of carbonyl (C=O) groups excluding carboxylic acids is 1. The molecule has 0 fully saturated rings. The van der Waals surface area contributed by atoms with Crippen molar-refractivity contribution >= 4 is 5.78 Å². The van der Waals surface area contributed by atoms with Gasteiger partial charge in [0.25, 0.3) is 0 Å². The second kappa shape index (κ2) is 16.0. The first-order chi connectivity index (χ1) is 16.6. The topological polar surface area (TPSA) is 76.0 Å². The first kappa shape index (κ1) is 27.6. The van der Waals surface area contributed by atoms with Crippen molar-refractivity contribution in [2.24, 2.45) is 0 Å². The second-order valence-corrected chi connectivity index (χ2v) is 8.93. The van der Waals surface area contributed by atoms with Crippen LogP contribution in [0.25, 0.3) is 0 Å². The summed E-state index contributed by atoms with van der Waals surface area (Å²) in [7, 11) is 0. The third-order valence-electron chi connectivity index (χ3n) is 5.95. The number of rotatable bonds is 18. The summed E-state index contributed by atoms with van der Waals surface area (Å²) in [5, 5.41) is 20.3. The molecule has 0 aliphatic rings. The number of phenols is 2. The van der Waals surface area contributed by atoms with Gasteiger partial charge >= 0.3 is 0 Å². The number of hydrogen-bond acceptors (Lipinski definition) is 5. The van der Waals surface area contributed by atoms with Crippen molar-refractivity contribution in [1.82, 2.24) is 0 Å². The number of carbonyl (C=O) groups is 1. The quantitative estimate of drug-likeness (QED) is 0.172. The number of phenolic OH excluding ortho intramolecular Hbond substituents is 2. The molecule has 0 radical (unpaired) electrons. The van der Waals surface area contributed by atoms with Gasteiger partial charge in [-0.1, -0.05) is 78.1 Å². The minimum atomic E-state index is -0.214. The standard InChI is InChI=1S/C29H42O5/c1-3-5-7-9-11-13-19-33-27-21-23(15-17-25(27)30)29(32)24-16-18-26(31)28(22-24)34-20-14-12-10-8-6-4-2/h15-18,21-22,30-31H,3-14,19-20H2,1-2H3. The average molecular weight is 471 g/mol. The third-order valence-corrected chi connectivity index (χ3v) is 5.95. The van der Waals surface area contributed by atoms with Gasteiger partial charge in [-0.05, 0) is 49.2 Å². The van der Waals surface area contributed by atoms with Crippen LogP contribution >= 0.6 is 0 Å². The minimum absolute atomic E-state index is 0.0243. The summed E-state index contributed by atoms with van der Waals surface area (Å²) in [5.41, 5.74) is 0.839. The largest absolute Gasteiger partial charge is 0.504 e. The first-order valence-corrected chi connectivity index (χ1v) is 13.0. The second-order valence-electron chi connectivity index (χ2n) is 8.93. The van der Waals surface area contributed by atoms with Crippen molar-refractivity contribution in [1.29, 1.82) is 0 Å². The van der Waals surface area contributed by atoms with Gasteiger partial charge in [0.2, 0.25) is 0 Å². The molecule has 0 saturated heterocycles. The van der Waals surface area contributed by atoms with Crippen molar-refractivity contribution < 1.29 is 24.5 Å². The lowest BCUT2D eigenvalue weighted by Gasteiger charge is -2.12. The van der Waals surface area contributed by atoms with E-state index in [1.807, 2.05) is 0 Å². The molecule has 2 aromatic carbocycles. The molecule has 5 heteroatoms. The van der Waals surface area contributed by atoms with Crippen LogP contribution in [0.3, 0.4) is 0 Å². The van der Waals surface area contributed by atoms with Crippen LogP contribution in [0.5, 0.6) is 23.0 Å². The molecule has 0 aromatic heterocycles. The van der Waals surface area contributed by atoms with Crippen LogP contribution in [-0.2, 0) is 0 Å². The first-order valence-electron chi connectivity index (χ1n) is 13.0. The molecule has 2 N–H and O–H groups in total. The van der Waals surface area contributed by atoms with Crippen molar-refractivity contribution in [3.05, 3.63) is 47.5 Å². The van der Waals surface area contributed by atoms with E-state index >= 15 is 0 Å². The van der Waals surface area contributed by atoms with Crippen LogP contribution in [0.1, 0.15) is 107 Å². The highest BCUT2D eigenvalue weighted by molar-refractivity contribution is 6.09. The lowest BCUT2D eigenvalue weighted by Crippen LogP contribution is -2.04. The van der Waals surface area contributed by atoms with Crippen molar-refractivity contribution in [3.8, 4) is 23.0 Å². The molecule has 0 amide bonds. The molecule has 0 aliphatic heterocycles.